The van der Waals surface area contributed by atoms with Crippen LogP contribution in [0.1, 0.15) is 13.8 Å². The normalized spacial score (nSPS) is 10.3. The Morgan fingerprint density at radius 2 is 1.77 bits per heavy atom. The van der Waals surface area contributed by atoms with Crippen molar-refractivity contribution in [1.82, 2.24) is 0 Å². The highest BCUT2D eigenvalue weighted by molar-refractivity contribution is 5.95. The van der Waals surface area contributed by atoms with E-state index < -0.39 is 0 Å². The van der Waals surface area contributed by atoms with Crippen LogP contribution in [0, 0.1) is 5.92 Å². The van der Waals surface area contributed by atoms with Gasteiger partial charge in [-0.1, -0.05) is 26.0 Å². The summed E-state index contributed by atoms with van der Waals surface area (Å²) in [5.74, 6) is 2.20. The fourth-order valence-corrected chi connectivity index (χ4v) is 2.27. The minimum absolute atomic E-state index is 0.0854. The van der Waals surface area contributed by atoms with Crippen molar-refractivity contribution < 1.29 is 19.0 Å². The highest BCUT2D eigenvalue weighted by Crippen LogP contribution is 2.29. The minimum Gasteiger partial charge on any atom is -0.497 e. The maximum absolute atomic E-state index is 12.3. The maximum Gasteiger partial charge on any atom is 0.243 e. The van der Waals surface area contributed by atoms with Crippen LogP contribution in [0.3, 0.4) is 0 Å². The molecule has 0 aliphatic carbocycles. The number of carbonyl (C=O) groups is 1. The van der Waals surface area contributed by atoms with Gasteiger partial charge >= 0.3 is 0 Å². The summed E-state index contributed by atoms with van der Waals surface area (Å²) in [6, 6.07) is 12.8. The Morgan fingerprint density at radius 3 is 2.46 bits per heavy atom. The second-order valence-corrected chi connectivity index (χ2v) is 6.17. The summed E-state index contributed by atoms with van der Waals surface area (Å²) in [6.45, 7) is 4.83. The lowest BCUT2D eigenvalue weighted by Gasteiger charge is -2.15. The molecular formula is C20H26N2O4. The number of nitrogens with one attached hydrogen (secondary N) is 2. The number of methoxy groups -OCH3 is 2. The van der Waals surface area contributed by atoms with E-state index in [9.17, 15) is 4.79 Å². The van der Waals surface area contributed by atoms with Crippen molar-refractivity contribution in [1.29, 1.82) is 0 Å². The summed E-state index contributed by atoms with van der Waals surface area (Å²) >= 11 is 0. The first-order valence-electron chi connectivity index (χ1n) is 8.51. The maximum atomic E-state index is 12.3. The van der Waals surface area contributed by atoms with Crippen molar-refractivity contribution in [3.8, 4) is 17.2 Å². The summed E-state index contributed by atoms with van der Waals surface area (Å²) in [6.07, 6.45) is 0. The van der Waals surface area contributed by atoms with E-state index in [0.717, 1.165) is 0 Å². The number of hydrogen-bond donors (Lipinski definition) is 2. The standard InChI is InChI=1S/C20H26N2O4/c1-14(2)13-26-19-8-6-5-7-16(19)22-20(23)12-21-17-11-15(24-3)9-10-18(17)25-4/h5-11,14,21H,12-13H2,1-4H3,(H,22,23). The van der Waals surface area contributed by atoms with Crippen molar-refractivity contribution in [2.75, 3.05) is 38.0 Å². The predicted octanol–water partition coefficient (Wildman–Crippen LogP) is 3.79. The fraction of sp³-hybridized carbons (Fsp3) is 0.350. The summed E-state index contributed by atoms with van der Waals surface area (Å²) in [5, 5.41) is 5.94. The molecule has 140 valence electrons. The quantitative estimate of drug-likeness (QED) is 0.714. The zero-order valence-corrected chi connectivity index (χ0v) is 15.7. The molecule has 0 saturated heterocycles. The zero-order valence-electron chi connectivity index (χ0n) is 15.7. The van der Waals surface area contributed by atoms with Gasteiger partial charge in [0.1, 0.15) is 17.2 Å². The van der Waals surface area contributed by atoms with E-state index in [4.69, 9.17) is 14.2 Å². The molecule has 2 N–H and O–H groups in total. The van der Waals surface area contributed by atoms with E-state index in [2.05, 4.69) is 24.5 Å². The number of benzene rings is 2. The molecule has 0 radical (unpaired) electrons. The van der Waals surface area contributed by atoms with Gasteiger partial charge in [-0.2, -0.15) is 0 Å². The second-order valence-electron chi connectivity index (χ2n) is 6.17. The average molecular weight is 358 g/mol. The minimum atomic E-state index is -0.185. The summed E-state index contributed by atoms with van der Waals surface area (Å²) in [7, 11) is 3.17. The van der Waals surface area contributed by atoms with Gasteiger partial charge in [0.15, 0.2) is 0 Å². The highest BCUT2D eigenvalue weighted by Gasteiger charge is 2.10. The highest BCUT2D eigenvalue weighted by atomic mass is 16.5. The van der Waals surface area contributed by atoms with Gasteiger partial charge in [0.05, 0.1) is 38.7 Å². The molecule has 0 atom stereocenters. The Morgan fingerprint density at radius 1 is 1.00 bits per heavy atom. The first kappa shape index (κ1) is 19.4. The van der Waals surface area contributed by atoms with Gasteiger partial charge in [0.25, 0.3) is 0 Å². The molecule has 0 aliphatic heterocycles. The van der Waals surface area contributed by atoms with Gasteiger partial charge in [-0.25, -0.2) is 0 Å². The van der Waals surface area contributed by atoms with Crippen LogP contribution in [0.15, 0.2) is 42.5 Å². The summed E-state index contributed by atoms with van der Waals surface area (Å²) in [4.78, 5) is 12.3. The van der Waals surface area contributed by atoms with E-state index in [1.807, 2.05) is 24.3 Å². The zero-order chi connectivity index (χ0) is 18.9. The molecule has 2 aromatic rings. The molecule has 26 heavy (non-hydrogen) atoms. The van der Waals surface area contributed by atoms with Gasteiger partial charge < -0.3 is 24.8 Å². The third-order valence-electron chi connectivity index (χ3n) is 3.58. The lowest BCUT2D eigenvalue weighted by atomic mass is 10.2. The van der Waals surface area contributed by atoms with E-state index in [1.54, 1.807) is 32.4 Å². The van der Waals surface area contributed by atoms with Crippen LogP contribution in [0.5, 0.6) is 17.2 Å². The molecule has 6 nitrogen and oxygen atoms in total. The van der Waals surface area contributed by atoms with E-state index in [0.29, 0.717) is 41.1 Å². The van der Waals surface area contributed by atoms with E-state index >= 15 is 0 Å². The van der Waals surface area contributed by atoms with Gasteiger partial charge in [-0.3, -0.25) is 4.79 Å². The third kappa shape index (κ3) is 5.58. The van der Waals surface area contributed by atoms with Gasteiger partial charge in [0, 0.05) is 6.07 Å². The third-order valence-corrected chi connectivity index (χ3v) is 3.58. The van der Waals surface area contributed by atoms with Crippen molar-refractivity contribution in [3.63, 3.8) is 0 Å². The molecule has 0 aromatic heterocycles. The average Bonchev–Trinajstić information content (AvgIpc) is 2.65. The van der Waals surface area contributed by atoms with Crippen LogP contribution in [0.25, 0.3) is 0 Å². The second kappa shape index (κ2) is 9.56. The van der Waals surface area contributed by atoms with Crippen molar-refractivity contribution >= 4 is 17.3 Å². The summed E-state index contributed by atoms with van der Waals surface area (Å²) < 4.78 is 16.3. The first-order chi connectivity index (χ1) is 12.5. The smallest absolute Gasteiger partial charge is 0.243 e. The Hall–Kier alpha value is -2.89. The monoisotopic (exact) mass is 358 g/mol. The number of rotatable bonds is 9. The molecule has 2 rings (SSSR count). The first-order valence-corrected chi connectivity index (χ1v) is 8.51. The molecule has 0 heterocycles. The van der Waals surface area contributed by atoms with Crippen molar-refractivity contribution in [2.45, 2.75) is 13.8 Å². The van der Waals surface area contributed by atoms with Crippen LogP contribution in [0.2, 0.25) is 0 Å². The van der Waals surface area contributed by atoms with Crippen LogP contribution in [0.4, 0.5) is 11.4 Å². The molecular weight excluding hydrogens is 332 g/mol. The lowest BCUT2D eigenvalue weighted by molar-refractivity contribution is -0.114. The number of para-hydroxylation sites is 2. The van der Waals surface area contributed by atoms with Crippen LogP contribution < -0.4 is 24.8 Å². The topological polar surface area (TPSA) is 68.8 Å². The molecule has 0 spiro atoms. The van der Waals surface area contributed by atoms with Gasteiger partial charge in [-0.15, -0.1) is 0 Å². The predicted molar refractivity (Wildman–Crippen MR) is 103 cm³/mol. The number of ether oxygens (including phenoxy) is 3. The Bertz CT molecular complexity index is 732. The van der Waals surface area contributed by atoms with Crippen LogP contribution in [-0.2, 0) is 4.79 Å². The number of carbonyl (C=O) groups excluding carboxylic acids is 1. The molecule has 0 fully saturated rings. The van der Waals surface area contributed by atoms with Crippen molar-refractivity contribution in [3.05, 3.63) is 42.5 Å². The number of anilines is 2. The molecule has 6 heteroatoms. The molecule has 1 amide bonds. The Kier molecular flexibility index (Phi) is 7.14. The van der Waals surface area contributed by atoms with Gasteiger partial charge in [0.2, 0.25) is 5.91 Å². The molecule has 2 aromatic carbocycles. The SMILES string of the molecule is COc1ccc(OC)c(NCC(=O)Nc2ccccc2OCC(C)C)c1. The van der Waals surface area contributed by atoms with Gasteiger partial charge in [-0.05, 0) is 30.2 Å². The van der Waals surface area contributed by atoms with Crippen LogP contribution >= 0.6 is 0 Å². The molecule has 0 aliphatic rings. The number of hydrogen-bond acceptors (Lipinski definition) is 5. The van der Waals surface area contributed by atoms with Crippen LogP contribution in [-0.4, -0.2) is 33.3 Å². The van der Waals surface area contributed by atoms with Crippen molar-refractivity contribution in [2.24, 2.45) is 5.92 Å². The Balaban J connectivity index is 1.99. The summed E-state index contributed by atoms with van der Waals surface area (Å²) in [5.41, 5.74) is 1.34. The molecule has 0 bridgehead atoms. The number of amides is 1. The Labute approximate surface area is 154 Å². The molecule has 0 saturated carbocycles. The largest absolute Gasteiger partial charge is 0.497 e. The molecule has 0 unspecified atom stereocenters. The lowest BCUT2D eigenvalue weighted by Crippen LogP contribution is -2.22. The van der Waals surface area contributed by atoms with E-state index in [-0.39, 0.29) is 12.5 Å². The van der Waals surface area contributed by atoms with E-state index in [1.165, 1.54) is 0 Å². The fourth-order valence-electron chi connectivity index (χ4n) is 2.27.